The molecule has 1 amide bonds. The van der Waals surface area contributed by atoms with E-state index in [4.69, 9.17) is 18.0 Å². The quantitative estimate of drug-likeness (QED) is 0.883. The molecule has 0 bridgehead atoms. The van der Waals surface area contributed by atoms with Crippen molar-refractivity contribution in [1.29, 1.82) is 0 Å². The fourth-order valence-corrected chi connectivity index (χ4v) is 2.11. The molecule has 21 heavy (non-hydrogen) atoms. The molecule has 0 spiro atoms. The Kier molecular flexibility index (Phi) is 4.65. The van der Waals surface area contributed by atoms with Crippen molar-refractivity contribution < 1.29 is 9.18 Å². The Morgan fingerprint density at radius 3 is 2.48 bits per heavy atom. The van der Waals surface area contributed by atoms with Gasteiger partial charge < -0.3 is 10.6 Å². The molecule has 0 heterocycles. The molecule has 0 fully saturated rings. The molecule has 0 unspecified atom stereocenters. The number of nitrogens with zero attached hydrogens (tertiary/aromatic N) is 1. The molecule has 0 aromatic heterocycles. The van der Waals surface area contributed by atoms with Gasteiger partial charge in [-0.3, -0.25) is 4.79 Å². The molecule has 0 aliphatic rings. The van der Waals surface area contributed by atoms with Crippen LogP contribution in [-0.4, -0.2) is 22.8 Å². The van der Waals surface area contributed by atoms with Crippen LogP contribution in [0.15, 0.2) is 48.5 Å². The van der Waals surface area contributed by atoms with Crippen molar-refractivity contribution in [3.05, 3.63) is 71.0 Å². The monoisotopic (exact) mass is 302 g/mol. The van der Waals surface area contributed by atoms with Gasteiger partial charge in [-0.1, -0.05) is 30.4 Å². The van der Waals surface area contributed by atoms with Gasteiger partial charge >= 0.3 is 0 Å². The molecule has 0 atom stereocenters. The summed E-state index contributed by atoms with van der Waals surface area (Å²) in [7, 11) is 1.69. The van der Waals surface area contributed by atoms with Gasteiger partial charge in [-0.2, -0.15) is 0 Å². The first-order valence-corrected chi connectivity index (χ1v) is 6.78. The number of halogens is 1. The van der Waals surface area contributed by atoms with Crippen molar-refractivity contribution in [3.63, 3.8) is 0 Å². The highest BCUT2D eigenvalue weighted by Crippen LogP contribution is 2.11. The van der Waals surface area contributed by atoms with Crippen LogP contribution in [0, 0.1) is 5.82 Å². The Labute approximate surface area is 128 Å². The van der Waals surface area contributed by atoms with E-state index in [1.807, 2.05) is 24.3 Å². The van der Waals surface area contributed by atoms with Crippen LogP contribution >= 0.6 is 12.2 Å². The summed E-state index contributed by atoms with van der Waals surface area (Å²) in [6.07, 6.45) is 0. The van der Waals surface area contributed by atoms with E-state index in [0.717, 1.165) is 11.1 Å². The van der Waals surface area contributed by atoms with E-state index in [-0.39, 0.29) is 11.7 Å². The van der Waals surface area contributed by atoms with Gasteiger partial charge in [0.1, 0.15) is 10.8 Å². The highest BCUT2D eigenvalue weighted by Gasteiger charge is 2.12. The van der Waals surface area contributed by atoms with Gasteiger partial charge in [0.15, 0.2) is 0 Å². The van der Waals surface area contributed by atoms with Crippen LogP contribution < -0.4 is 5.73 Å². The van der Waals surface area contributed by atoms with Gasteiger partial charge in [0, 0.05) is 24.7 Å². The number of hydrogen-bond donors (Lipinski definition) is 1. The van der Waals surface area contributed by atoms with Crippen LogP contribution in [0.25, 0.3) is 0 Å². The van der Waals surface area contributed by atoms with Crippen LogP contribution in [0.1, 0.15) is 21.5 Å². The first-order valence-electron chi connectivity index (χ1n) is 6.37. The number of carbonyl (C=O) groups is 1. The molecule has 0 radical (unpaired) electrons. The van der Waals surface area contributed by atoms with Crippen LogP contribution in [0.4, 0.5) is 4.39 Å². The van der Waals surface area contributed by atoms with Gasteiger partial charge in [-0.15, -0.1) is 0 Å². The van der Waals surface area contributed by atoms with Gasteiger partial charge in [-0.25, -0.2) is 4.39 Å². The zero-order valence-corrected chi connectivity index (χ0v) is 12.4. The molecule has 0 aliphatic carbocycles. The van der Waals surface area contributed by atoms with Gasteiger partial charge in [-0.05, 0) is 35.9 Å². The molecule has 108 valence electrons. The number of nitrogens with two attached hydrogens (primary N) is 1. The van der Waals surface area contributed by atoms with E-state index < -0.39 is 0 Å². The number of amides is 1. The number of benzene rings is 2. The van der Waals surface area contributed by atoms with Crippen molar-refractivity contribution in [1.82, 2.24) is 4.90 Å². The molecule has 2 aromatic carbocycles. The minimum atomic E-state index is -0.363. The second kappa shape index (κ2) is 6.45. The number of thiocarbonyl (C=S) groups is 1. The van der Waals surface area contributed by atoms with Crippen molar-refractivity contribution >= 4 is 23.1 Å². The smallest absolute Gasteiger partial charge is 0.253 e. The van der Waals surface area contributed by atoms with Crippen molar-refractivity contribution in [2.75, 3.05) is 7.05 Å². The lowest BCUT2D eigenvalue weighted by Gasteiger charge is -2.17. The molecule has 3 nitrogen and oxygen atoms in total. The van der Waals surface area contributed by atoms with E-state index in [1.54, 1.807) is 11.9 Å². The summed E-state index contributed by atoms with van der Waals surface area (Å²) in [5.41, 5.74) is 7.74. The van der Waals surface area contributed by atoms with Gasteiger partial charge in [0.05, 0.1) is 0 Å². The standard InChI is InChI=1S/C16H15FN2OS/c1-19(16(20)12-5-7-14(17)8-6-12)10-11-3-2-4-13(9-11)15(18)21/h2-9H,10H2,1H3,(H2,18,21). The SMILES string of the molecule is CN(Cc1cccc(C(N)=S)c1)C(=O)c1ccc(F)cc1. The summed E-state index contributed by atoms with van der Waals surface area (Å²) in [6, 6.07) is 12.9. The maximum absolute atomic E-state index is 12.9. The van der Waals surface area contributed by atoms with Crippen LogP contribution in [0.3, 0.4) is 0 Å². The minimum Gasteiger partial charge on any atom is -0.389 e. The summed E-state index contributed by atoms with van der Waals surface area (Å²) in [6.45, 7) is 0.423. The Morgan fingerprint density at radius 2 is 1.86 bits per heavy atom. The third-order valence-electron chi connectivity index (χ3n) is 3.07. The van der Waals surface area contributed by atoms with E-state index in [1.165, 1.54) is 24.3 Å². The average molecular weight is 302 g/mol. The van der Waals surface area contributed by atoms with Crippen molar-refractivity contribution in [3.8, 4) is 0 Å². The molecule has 0 saturated carbocycles. The number of rotatable bonds is 4. The van der Waals surface area contributed by atoms with Crippen LogP contribution in [0.5, 0.6) is 0 Å². The van der Waals surface area contributed by atoms with Crippen molar-refractivity contribution in [2.45, 2.75) is 6.54 Å². The van der Waals surface area contributed by atoms with E-state index in [0.29, 0.717) is 17.1 Å². The summed E-state index contributed by atoms with van der Waals surface area (Å²) < 4.78 is 12.9. The van der Waals surface area contributed by atoms with Gasteiger partial charge in [0.2, 0.25) is 0 Å². The first kappa shape index (κ1) is 15.1. The van der Waals surface area contributed by atoms with E-state index >= 15 is 0 Å². The molecule has 2 aromatic rings. The second-order valence-electron chi connectivity index (χ2n) is 4.73. The highest BCUT2D eigenvalue weighted by molar-refractivity contribution is 7.80. The Balaban J connectivity index is 2.12. The molecule has 2 N–H and O–H groups in total. The normalized spacial score (nSPS) is 10.2. The lowest BCUT2D eigenvalue weighted by atomic mass is 10.1. The first-order chi connectivity index (χ1) is 9.97. The Hall–Kier alpha value is -2.27. The van der Waals surface area contributed by atoms with Crippen molar-refractivity contribution in [2.24, 2.45) is 5.73 Å². The van der Waals surface area contributed by atoms with E-state index in [2.05, 4.69) is 0 Å². The maximum Gasteiger partial charge on any atom is 0.253 e. The molecular formula is C16H15FN2OS. The van der Waals surface area contributed by atoms with E-state index in [9.17, 15) is 9.18 Å². The number of carbonyl (C=O) groups excluding carboxylic acids is 1. The predicted octanol–water partition coefficient (Wildman–Crippen LogP) is 2.73. The summed E-state index contributed by atoms with van der Waals surface area (Å²) in [5.74, 6) is -0.533. The molecule has 0 aliphatic heterocycles. The Bertz CT molecular complexity index is 670. The molecule has 0 saturated heterocycles. The lowest BCUT2D eigenvalue weighted by Crippen LogP contribution is -2.26. The largest absolute Gasteiger partial charge is 0.389 e. The summed E-state index contributed by atoms with van der Waals surface area (Å²) >= 11 is 4.94. The highest BCUT2D eigenvalue weighted by atomic mass is 32.1. The lowest BCUT2D eigenvalue weighted by molar-refractivity contribution is 0.0785. The molecular weight excluding hydrogens is 287 g/mol. The zero-order chi connectivity index (χ0) is 15.4. The predicted molar refractivity (Wildman–Crippen MR) is 84.5 cm³/mol. The third kappa shape index (κ3) is 3.86. The third-order valence-corrected chi connectivity index (χ3v) is 3.30. The summed E-state index contributed by atoms with van der Waals surface area (Å²) in [4.78, 5) is 14.1. The topological polar surface area (TPSA) is 46.3 Å². The average Bonchev–Trinajstić information content (AvgIpc) is 2.47. The maximum atomic E-state index is 12.9. The second-order valence-corrected chi connectivity index (χ2v) is 5.17. The fourth-order valence-electron chi connectivity index (χ4n) is 1.98. The number of hydrogen-bond acceptors (Lipinski definition) is 2. The summed E-state index contributed by atoms with van der Waals surface area (Å²) in [5, 5.41) is 0. The van der Waals surface area contributed by atoms with Crippen LogP contribution in [-0.2, 0) is 6.54 Å². The van der Waals surface area contributed by atoms with Gasteiger partial charge in [0.25, 0.3) is 5.91 Å². The molecule has 2 rings (SSSR count). The minimum absolute atomic E-state index is 0.171. The van der Waals surface area contributed by atoms with Crippen LogP contribution in [0.2, 0.25) is 0 Å². The fraction of sp³-hybridized carbons (Fsp3) is 0.125. The zero-order valence-electron chi connectivity index (χ0n) is 11.5. The molecule has 5 heteroatoms. The Morgan fingerprint density at radius 1 is 1.19 bits per heavy atom.